The SMILES string of the molecule is CN(CCN1CCOCC1)C[C@@H]1CCOc2ccccc2C1. The number of fused-ring (bicyclic) bond motifs is 1. The van der Waals surface area contributed by atoms with E-state index in [-0.39, 0.29) is 0 Å². The van der Waals surface area contributed by atoms with Gasteiger partial charge < -0.3 is 14.4 Å². The number of para-hydroxylation sites is 1. The summed E-state index contributed by atoms with van der Waals surface area (Å²) in [5.74, 6) is 1.78. The van der Waals surface area contributed by atoms with Crippen LogP contribution in [0.15, 0.2) is 24.3 Å². The molecule has 1 aromatic carbocycles. The van der Waals surface area contributed by atoms with Crippen LogP contribution in [-0.2, 0) is 11.2 Å². The van der Waals surface area contributed by atoms with Gasteiger partial charge in [0.25, 0.3) is 0 Å². The molecule has 0 N–H and O–H groups in total. The zero-order chi connectivity index (χ0) is 15.2. The molecule has 4 nitrogen and oxygen atoms in total. The molecular weight excluding hydrogens is 276 g/mol. The number of likely N-dealkylation sites (N-methyl/N-ethyl adjacent to an activating group) is 1. The van der Waals surface area contributed by atoms with Crippen molar-refractivity contribution >= 4 is 0 Å². The molecule has 0 aliphatic carbocycles. The third-order valence-corrected chi connectivity index (χ3v) is 4.74. The average molecular weight is 304 g/mol. The van der Waals surface area contributed by atoms with Crippen LogP contribution in [0.1, 0.15) is 12.0 Å². The van der Waals surface area contributed by atoms with E-state index < -0.39 is 0 Å². The lowest BCUT2D eigenvalue weighted by Crippen LogP contribution is -2.41. The maximum Gasteiger partial charge on any atom is 0.122 e. The first-order valence-electron chi connectivity index (χ1n) is 8.50. The van der Waals surface area contributed by atoms with Crippen LogP contribution < -0.4 is 4.74 Å². The predicted molar refractivity (Wildman–Crippen MR) is 88.5 cm³/mol. The predicted octanol–water partition coefficient (Wildman–Crippen LogP) is 1.89. The van der Waals surface area contributed by atoms with Gasteiger partial charge in [0.15, 0.2) is 0 Å². The summed E-state index contributed by atoms with van der Waals surface area (Å²) in [6, 6.07) is 8.49. The summed E-state index contributed by atoms with van der Waals surface area (Å²) >= 11 is 0. The molecule has 2 heterocycles. The first kappa shape index (κ1) is 15.8. The minimum atomic E-state index is 0.693. The minimum Gasteiger partial charge on any atom is -0.493 e. The molecule has 1 fully saturated rings. The van der Waals surface area contributed by atoms with Gasteiger partial charge in [-0.05, 0) is 37.4 Å². The summed E-state index contributed by atoms with van der Waals surface area (Å²) in [7, 11) is 2.25. The quantitative estimate of drug-likeness (QED) is 0.829. The Morgan fingerprint density at radius 1 is 1.18 bits per heavy atom. The number of ether oxygens (including phenoxy) is 2. The molecule has 0 spiro atoms. The van der Waals surface area contributed by atoms with Crippen LogP contribution in [0, 0.1) is 5.92 Å². The Kier molecular flexibility index (Phi) is 5.70. The van der Waals surface area contributed by atoms with Crippen LogP contribution in [0.25, 0.3) is 0 Å². The Morgan fingerprint density at radius 2 is 2.00 bits per heavy atom. The van der Waals surface area contributed by atoms with Gasteiger partial charge in [0.2, 0.25) is 0 Å². The molecule has 22 heavy (non-hydrogen) atoms. The second-order valence-corrected chi connectivity index (χ2v) is 6.53. The fourth-order valence-electron chi connectivity index (χ4n) is 3.39. The van der Waals surface area contributed by atoms with Crippen molar-refractivity contribution in [3.05, 3.63) is 29.8 Å². The monoisotopic (exact) mass is 304 g/mol. The highest BCUT2D eigenvalue weighted by atomic mass is 16.5. The zero-order valence-corrected chi connectivity index (χ0v) is 13.7. The number of hydrogen-bond donors (Lipinski definition) is 0. The zero-order valence-electron chi connectivity index (χ0n) is 13.7. The molecule has 1 saturated heterocycles. The second kappa shape index (κ2) is 7.95. The average Bonchev–Trinajstić information content (AvgIpc) is 2.75. The van der Waals surface area contributed by atoms with E-state index in [1.807, 2.05) is 0 Å². The number of morpholine rings is 1. The van der Waals surface area contributed by atoms with Crippen LogP contribution in [0.3, 0.4) is 0 Å². The van der Waals surface area contributed by atoms with Crippen molar-refractivity contribution in [2.45, 2.75) is 12.8 Å². The van der Waals surface area contributed by atoms with E-state index in [4.69, 9.17) is 9.47 Å². The maximum atomic E-state index is 5.87. The molecule has 0 aromatic heterocycles. The molecule has 0 radical (unpaired) electrons. The Balaban J connectivity index is 1.45. The van der Waals surface area contributed by atoms with Gasteiger partial charge in [-0.15, -0.1) is 0 Å². The highest BCUT2D eigenvalue weighted by Gasteiger charge is 2.19. The van der Waals surface area contributed by atoms with E-state index in [9.17, 15) is 0 Å². The Bertz CT molecular complexity index is 460. The highest BCUT2D eigenvalue weighted by Crippen LogP contribution is 2.26. The molecule has 0 bridgehead atoms. The molecular formula is C18H28N2O2. The Labute approximate surface area is 134 Å². The third kappa shape index (κ3) is 4.45. The largest absolute Gasteiger partial charge is 0.493 e. The van der Waals surface area contributed by atoms with Crippen LogP contribution in [0.2, 0.25) is 0 Å². The Hall–Kier alpha value is -1.10. The standard InChI is InChI=1S/C18H28N2O2/c1-19(7-8-20-9-12-21-13-10-20)15-16-6-11-22-18-5-3-2-4-17(18)14-16/h2-5,16H,6-15H2,1H3/t16-/m1/s1. The molecule has 0 unspecified atom stereocenters. The molecule has 2 aliphatic heterocycles. The Morgan fingerprint density at radius 3 is 2.86 bits per heavy atom. The number of nitrogens with zero attached hydrogens (tertiary/aromatic N) is 2. The topological polar surface area (TPSA) is 24.9 Å². The van der Waals surface area contributed by atoms with Crippen LogP contribution in [0.4, 0.5) is 0 Å². The lowest BCUT2D eigenvalue weighted by Gasteiger charge is -2.29. The summed E-state index contributed by atoms with van der Waals surface area (Å²) < 4.78 is 11.3. The van der Waals surface area contributed by atoms with Crippen molar-refractivity contribution in [1.29, 1.82) is 0 Å². The van der Waals surface area contributed by atoms with E-state index >= 15 is 0 Å². The van der Waals surface area contributed by atoms with Crippen molar-refractivity contribution in [2.24, 2.45) is 5.92 Å². The molecule has 3 rings (SSSR count). The van der Waals surface area contributed by atoms with Gasteiger partial charge in [-0.25, -0.2) is 0 Å². The minimum absolute atomic E-state index is 0.693. The van der Waals surface area contributed by atoms with Gasteiger partial charge in [0.1, 0.15) is 5.75 Å². The van der Waals surface area contributed by atoms with Crippen molar-refractivity contribution < 1.29 is 9.47 Å². The van der Waals surface area contributed by atoms with E-state index in [1.54, 1.807) is 0 Å². The molecule has 0 saturated carbocycles. The van der Waals surface area contributed by atoms with Crippen LogP contribution >= 0.6 is 0 Å². The van der Waals surface area contributed by atoms with Crippen molar-refractivity contribution in [3.63, 3.8) is 0 Å². The van der Waals surface area contributed by atoms with Gasteiger partial charge in [-0.3, -0.25) is 4.90 Å². The number of hydrogen-bond acceptors (Lipinski definition) is 4. The molecule has 1 atom stereocenters. The molecule has 0 amide bonds. The summed E-state index contributed by atoms with van der Waals surface area (Å²) in [5, 5.41) is 0. The van der Waals surface area contributed by atoms with Gasteiger partial charge in [-0.1, -0.05) is 18.2 Å². The van der Waals surface area contributed by atoms with Crippen molar-refractivity contribution in [2.75, 3.05) is 59.6 Å². The maximum absolute atomic E-state index is 5.87. The first-order chi connectivity index (χ1) is 10.8. The van der Waals surface area contributed by atoms with E-state index in [1.165, 1.54) is 5.56 Å². The van der Waals surface area contributed by atoms with Gasteiger partial charge >= 0.3 is 0 Å². The second-order valence-electron chi connectivity index (χ2n) is 6.53. The van der Waals surface area contributed by atoms with Crippen molar-refractivity contribution in [3.8, 4) is 5.75 Å². The van der Waals surface area contributed by atoms with E-state index in [0.29, 0.717) is 5.92 Å². The molecule has 122 valence electrons. The summed E-state index contributed by atoms with van der Waals surface area (Å²) in [5.41, 5.74) is 1.37. The molecule has 4 heteroatoms. The third-order valence-electron chi connectivity index (χ3n) is 4.74. The van der Waals surface area contributed by atoms with Crippen LogP contribution in [-0.4, -0.2) is 69.4 Å². The highest BCUT2D eigenvalue weighted by molar-refractivity contribution is 5.34. The van der Waals surface area contributed by atoms with Gasteiger partial charge in [-0.2, -0.15) is 0 Å². The van der Waals surface area contributed by atoms with Gasteiger partial charge in [0, 0.05) is 32.7 Å². The molecule has 1 aromatic rings. The molecule has 2 aliphatic rings. The number of rotatable bonds is 5. The fourth-order valence-corrected chi connectivity index (χ4v) is 3.39. The lowest BCUT2D eigenvalue weighted by atomic mass is 9.96. The summed E-state index contributed by atoms with van der Waals surface area (Å²) in [4.78, 5) is 4.99. The summed E-state index contributed by atoms with van der Waals surface area (Å²) in [6.45, 7) is 8.23. The van der Waals surface area contributed by atoms with E-state index in [0.717, 1.165) is 71.1 Å². The van der Waals surface area contributed by atoms with Crippen LogP contribution in [0.5, 0.6) is 5.75 Å². The van der Waals surface area contributed by atoms with E-state index in [2.05, 4.69) is 41.1 Å². The summed E-state index contributed by atoms with van der Waals surface area (Å²) in [6.07, 6.45) is 2.29. The first-order valence-corrected chi connectivity index (χ1v) is 8.50. The number of benzene rings is 1. The normalized spacial score (nSPS) is 22.9. The van der Waals surface area contributed by atoms with Crippen molar-refractivity contribution in [1.82, 2.24) is 9.80 Å². The lowest BCUT2D eigenvalue weighted by molar-refractivity contribution is 0.0338. The van der Waals surface area contributed by atoms with Gasteiger partial charge in [0.05, 0.1) is 19.8 Å². The fraction of sp³-hybridized carbons (Fsp3) is 0.667. The smallest absolute Gasteiger partial charge is 0.122 e.